The van der Waals surface area contributed by atoms with Crippen molar-refractivity contribution in [3.05, 3.63) is 41.6 Å². The SMILES string of the molecule is CC=CC(=O)N1CCN(Cc2nc3nc(-c4cccc5[nH]ncc45)nc(N4CCOCC4)c3s2)CC1. The molecule has 2 saturated heterocycles. The van der Waals surface area contributed by atoms with E-state index >= 15 is 0 Å². The molecular weight excluding hydrogens is 476 g/mol. The Hall–Kier alpha value is -3.41. The van der Waals surface area contributed by atoms with Gasteiger partial charge >= 0.3 is 0 Å². The zero-order valence-electron chi connectivity index (χ0n) is 20.2. The number of fused-ring (bicyclic) bond motifs is 2. The zero-order valence-corrected chi connectivity index (χ0v) is 21.0. The number of nitrogens with one attached hydrogen (secondary N) is 1. The summed E-state index contributed by atoms with van der Waals surface area (Å²) in [7, 11) is 0. The van der Waals surface area contributed by atoms with E-state index in [1.165, 1.54) is 0 Å². The van der Waals surface area contributed by atoms with Gasteiger partial charge in [-0.15, -0.1) is 11.3 Å². The number of nitrogens with zero attached hydrogens (tertiary/aromatic N) is 7. The van der Waals surface area contributed by atoms with Gasteiger partial charge in [-0.25, -0.2) is 15.0 Å². The molecule has 2 fully saturated rings. The minimum atomic E-state index is 0.0859. The summed E-state index contributed by atoms with van der Waals surface area (Å²) in [6.07, 6.45) is 5.25. The van der Waals surface area contributed by atoms with Gasteiger partial charge in [0.2, 0.25) is 5.91 Å². The number of hydrogen-bond donors (Lipinski definition) is 1. The smallest absolute Gasteiger partial charge is 0.246 e. The van der Waals surface area contributed by atoms with Crippen molar-refractivity contribution in [2.75, 3.05) is 57.4 Å². The summed E-state index contributed by atoms with van der Waals surface area (Å²) < 4.78 is 6.60. The molecular formula is C25H28N8O2S. The number of benzene rings is 1. The summed E-state index contributed by atoms with van der Waals surface area (Å²) in [4.78, 5) is 33.6. The number of rotatable bonds is 5. The Morgan fingerprint density at radius 2 is 1.94 bits per heavy atom. The third-order valence-electron chi connectivity index (χ3n) is 6.67. The van der Waals surface area contributed by atoms with Crippen LogP contribution in [0.15, 0.2) is 36.5 Å². The molecule has 0 atom stereocenters. The third kappa shape index (κ3) is 4.45. The molecule has 6 rings (SSSR count). The number of allylic oxidation sites excluding steroid dienone is 1. The van der Waals surface area contributed by atoms with Gasteiger partial charge in [-0.3, -0.25) is 14.8 Å². The van der Waals surface area contributed by atoms with Crippen LogP contribution < -0.4 is 4.90 Å². The monoisotopic (exact) mass is 504 g/mol. The maximum atomic E-state index is 12.2. The Balaban J connectivity index is 1.32. The number of aromatic nitrogens is 5. The average Bonchev–Trinajstić information content (AvgIpc) is 3.56. The first-order chi connectivity index (χ1) is 17.7. The summed E-state index contributed by atoms with van der Waals surface area (Å²) >= 11 is 1.67. The highest BCUT2D eigenvalue weighted by atomic mass is 32.1. The number of aromatic amines is 1. The fraction of sp³-hybridized carbons (Fsp3) is 0.400. The Kier molecular flexibility index (Phi) is 6.34. The van der Waals surface area contributed by atoms with Gasteiger partial charge in [0.1, 0.15) is 9.71 Å². The molecule has 2 aliphatic rings. The predicted molar refractivity (Wildman–Crippen MR) is 140 cm³/mol. The van der Waals surface area contributed by atoms with Crippen molar-refractivity contribution in [3.8, 4) is 11.4 Å². The molecule has 3 aromatic heterocycles. The van der Waals surface area contributed by atoms with Crippen LogP contribution in [0.3, 0.4) is 0 Å². The maximum Gasteiger partial charge on any atom is 0.246 e. The summed E-state index contributed by atoms with van der Waals surface area (Å²) in [5.74, 6) is 1.66. The molecule has 0 aliphatic carbocycles. The van der Waals surface area contributed by atoms with E-state index in [2.05, 4.69) is 20.0 Å². The lowest BCUT2D eigenvalue weighted by molar-refractivity contribution is -0.127. The Bertz CT molecular complexity index is 1420. The van der Waals surface area contributed by atoms with E-state index in [0.717, 1.165) is 83.5 Å². The van der Waals surface area contributed by atoms with Gasteiger partial charge in [0.15, 0.2) is 17.3 Å². The van der Waals surface area contributed by atoms with E-state index in [4.69, 9.17) is 19.7 Å². The number of hydrogen-bond acceptors (Lipinski definition) is 9. The zero-order chi connectivity index (χ0) is 24.5. The molecule has 1 aromatic carbocycles. The first kappa shape index (κ1) is 23.0. The average molecular weight is 505 g/mol. The van der Waals surface area contributed by atoms with Gasteiger partial charge in [0.05, 0.1) is 31.5 Å². The van der Waals surface area contributed by atoms with E-state index in [1.54, 1.807) is 23.5 Å². The molecule has 0 spiro atoms. The van der Waals surface area contributed by atoms with Crippen LogP contribution in [-0.4, -0.2) is 93.3 Å². The van der Waals surface area contributed by atoms with Crippen molar-refractivity contribution in [1.29, 1.82) is 0 Å². The molecule has 0 unspecified atom stereocenters. The summed E-state index contributed by atoms with van der Waals surface area (Å²) in [6, 6.07) is 6.02. The second-order valence-electron chi connectivity index (χ2n) is 8.97. The number of carbonyl (C=O) groups excluding carboxylic acids is 1. The van der Waals surface area contributed by atoms with Crippen molar-refractivity contribution in [1.82, 2.24) is 34.9 Å². The van der Waals surface area contributed by atoms with Crippen molar-refractivity contribution in [2.45, 2.75) is 13.5 Å². The first-order valence-corrected chi connectivity index (χ1v) is 13.1. The van der Waals surface area contributed by atoms with Crippen molar-refractivity contribution in [3.63, 3.8) is 0 Å². The van der Waals surface area contributed by atoms with Crippen molar-refractivity contribution < 1.29 is 9.53 Å². The number of thiazole rings is 1. The highest BCUT2D eigenvalue weighted by Gasteiger charge is 2.24. The second-order valence-corrected chi connectivity index (χ2v) is 10.1. The van der Waals surface area contributed by atoms with Crippen LogP contribution in [0.5, 0.6) is 0 Å². The molecule has 0 saturated carbocycles. The highest BCUT2D eigenvalue weighted by molar-refractivity contribution is 7.19. The number of anilines is 1. The van der Waals surface area contributed by atoms with Crippen LogP contribution in [0.2, 0.25) is 0 Å². The molecule has 1 N–H and O–H groups in total. The van der Waals surface area contributed by atoms with E-state index in [0.29, 0.717) is 19.0 Å². The highest BCUT2D eigenvalue weighted by Crippen LogP contribution is 2.34. The largest absolute Gasteiger partial charge is 0.378 e. The van der Waals surface area contributed by atoms with Crippen molar-refractivity contribution >= 4 is 44.3 Å². The van der Waals surface area contributed by atoms with E-state index in [9.17, 15) is 4.79 Å². The second kappa shape index (κ2) is 9.92. The van der Waals surface area contributed by atoms with Crippen LogP contribution in [0.25, 0.3) is 32.6 Å². The lowest BCUT2D eigenvalue weighted by Gasteiger charge is -2.33. The third-order valence-corrected chi connectivity index (χ3v) is 7.69. The van der Waals surface area contributed by atoms with Gasteiger partial charge < -0.3 is 14.5 Å². The molecule has 0 bridgehead atoms. The molecule has 0 radical (unpaired) electrons. The number of H-pyrrole nitrogens is 1. The molecule has 2 aliphatic heterocycles. The van der Waals surface area contributed by atoms with Gasteiger partial charge in [0.25, 0.3) is 0 Å². The molecule has 5 heterocycles. The minimum absolute atomic E-state index is 0.0859. The maximum absolute atomic E-state index is 12.2. The number of piperazine rings is 1. The fourth-order valence-electron chi connectivity index (χ4n) is 4.76. The number of ether oxygens (including phenoxy) is 1. The summed E-state index contributed by atoms with van der Waals surface area (Å²) in [5, 5.41) is 9.24. The molecule has 10 nitrogen and oxygen atoms in total. The molecule has 186 valence electrons. The summed E-state index contributed by atoms with van der Waals surface area (Å²) in [6.45, 7) is 8.66. The normalized spacial score (nSPS) is 17.6. The van der Waals surface area contributed by atoms with Gasteiger partial charge in [-0.05, 0) is 19.1 Å². The topological polar surface area (TPSA) is 103 Å². The van der Waals surface area contributed by atoms with Gasteiger partial charge in [-0.1, -0.05) is 18.2 Å². The predicted octanol–water partition coefficient (Wildman–Crippen LogP) is 2.69. The molecule has 11 heteroatoms. The van der Waals surface area contributed by atoms with Crippen LogP contribution in [0.4, 0.5) is 5.82 Å². The van der Waals surface area contributed by atoms with Crippen LogP contribution in [0, 0.1) is 0 Å². The Labute approximate surface area is 212 Å². The standard InChI is InChI=1S/C25H28N8O2S/c1-2-4-21(34)32-9-7-31(8-10-32)16-20-27-24-22(36-20)25(33-11-13-35-14-12-33)29-23(28-24)17-5-3-6-19-18(17)15-26-30-19/h2-6,15H,7-14,16H2,1H3,(H,26,30). The van der Waals surface area contributed by atoms with E-state index < -0.39 is 0 Å². The molecule has 36 heavy (non-hydrogen) atoms. The van der Waals surface area contributed by atoms with Crippen LogP contribution >= 0.6 is 11.3 Å². The summed E-state index contributed by atoms with van der Waals surface area (Å²) in [5.41, 5.74) is 2.62. The lowest BCUT2D eigenvalue weighted by Crippen LogP contribution is -2.47. The van der Waals surface area contributed by atoms with E-state index in [1.807, 2.05) is 36.2 Å². The molecule has 1 amide bonds. The number of amides is 1. The van der Waals surface area contributed by atoms with Crippen molar-refractivity contribution in [2.24, 2.45) is 0 Å². The Morgan fingerprint density at radius 3 is 2.75 bits per heavy atom. The Morgan fingerprint density at radius 1 is 1.11 bits per heavy atom. The first-order valence-electron chi connectivity index (χ1n) is 12.3. The lowest BCUT2D eigenvalue weighted by atomic mass is 10.1. The van der Waals surface area contributed by atoms with E-state index in [-0.39, 0.29) is 5.91 Å². The van der Waals surface area contributed by atoms with Crippen LogP contribution in [-0.2, 0) is 16.1 Å². The fourth-order valence-corrected chi connectivity index (χ4v) is 5.82. The molecule has 4 aromatic rings. The quantitative estimate of drug-likeness (QED) is 0.414. The van der Waals surface area contributed by atoms with Gasteiger partial charge in [-0.2, -0.15) is 5.10 Å². The number of morpholine rings is 1. The minimum Gasteiger partial charge on any atom is -0.378 e. The van der Waals surface area contributed by atoms with Gasteiger partial charge in [0, 0.05) is 50.2 Å². The number of carbonyl (C=O) groups is 1. The van der Waals surface area contributed by atoms with Crippen LogP contribution in [0.1, 0.15) is 11.9 Å².